The van der Waals surface area contributed by atoms with Gasteiger partial charge in [0.25, 0.3) is 0 Å². The summed E-state index contributed by atoms with van der Waals surface area (Å²) in [5.74, 6) is 1.81. The van der Waals surface area contributed by atoms with Gasteiger partial charge in [0.05, 0.1) is 16.7 Å². The summed E-state index contributed by atoms with van der Waals surface area (Å²) in [6, 6.07) is 68.0. The molecule has 12 aromatic rings. The summed E-state index contributed by atoms with van der Waals surface area (Å²) in [6.07, 6.45) is 0. The molecule has 3 heterocycles. The molecule has 5 heteroatoms. The molecule has 0 unspecified atom stereocenters. The van der Waals surface area contributed by atoms with E-state index in [1.54, 1.807) is 0 Å². The summed E-state index contributed by atoms with van der Waals surface area (Å²) in [4.78, 5) is 15.2. The predicted octanol–water partition coefficient (Wildman–Crippen LogP) is 13.8. The number of furan rings is 1. The molecule has 12 rings (SSSR count). The van der Waals surface area contributed by atoms with Gasteiger partial charge in [-0.1, -0.05) is 152 Å². The molecule has 0 bridgehead atoms. The fourth-order valence-electron chi connectivity index (χ4n) is 8.64. The van der Waals surface area contributed by atoms with Crippen LogP contribution in [-0.4, -0.2) is 19.5 Å². The van der Waals surface area contributed by atoms with Gasteiger partial charge < -0.3 is 8.98 Å². The zero-order chi connectivity index (χ0) is 38.2. The van der Waals surface area contributed by atoms with Gasteiger partial charge in [-0.15, -0.1) is 0 Å². The lowest BCUT2D eigenvalue weighted by Crippen LogP contribution is -2.00. The second kappa shape index (κ2) is 12.8. The van der Waals surface area contributed by atoms with Crippen LogP contribution in [0.1, 0.15) is 0 Å². The van der Waals surface area contributed by atoms with E-state index in [9.17, 15) is 0 Å². The molecule has 0 atom stereocenters. The molecule has 0 N–H and O–H groups in total. The maximum absolute atomic E-state index is 6.85. The minimum Gasteiger partial charge on any atom is -0.455 e. The minimum atomic E-state index is 0.583. The second-order valence-corrected chi connectivity index (χ2v) is 14.8. The van der Waals surface area contributed by atoms with Crippen LogP contribution in [0, 0.1) is 0 Å². The number of para-hydroxylation sites is 1. The maximum atomic E-state index is 6.85. The van der Waals surface area contributed by atoms with Crippen molar-refractivity contribution in [1.29, 1.82) is 0 Å². The normalized spacial score (nSPS) is 11.8. The van der Waals surface area contributed by atoms with E-state index in [0.717, 1.165) is 66.2 Å². The van der Waals surface area contributed by atoms with Crippen molar-refractivity contribution < 1.29 is 4.42 Å². The Morgan fingerprint density at radius 2 is 0.914 bits per heavy atom. The van der Waals surface area contributed by atoms with E-state index in [2.05, 4.69) is 162 Å². The third kappa shape index (κ3) is 5.14. The molecule has 0 saturated heterocycles. The van der Waals surface area contributed by atoms with Gasteiger partial charge in [0.15, 0.2) is 17.5 Å². The number of rotatable bonds is 5. The Kier molecular flexibility index (Phi) is 7.16. The fraction of sp³-hybridized carbons (Fsp3) is 0. The highest BCUT2D eigenvalue weighted by molar-refractivity contribution is 6.20. The topological polar surface area (TPSA) is 56.7 Å². The lowest BCUT2D eigenvalue weighted by atomic mass is 10.0. The molecule has 0 aliphatic rings. The van der Waals surface area contributed by atoms with E-state index in [4.69, 9.17) is 19.4 Å². The summed E-state index contributed by atoms with van der Waals surface area (Å²) >= 11 is 0. The molecule has 9 aromatic carbocycles. The minimum absolute atomic E-state index is 0.583. The van der Waals surface area contributed by atoms with Crippen LogP contribution in [0.3, 0.4) is 0 Å². The molecule has 0 fully saturated rings. The molecule has 5 nitrogen and oxygen atoms in total. The average molecular weight is 741 g/mol. The summed E-state index contributed by atoms with van der Waals surface area (Å²) in [7, 11) is 0. The Balaban J connectivity index is 1.06. The van der Waals surface area contributed by atoms with Crippen LogP contribution in [0.2, 0.25) is 0 Å². The molecule has 0 aliphatic carbocycles. The third-order valence-electron chi connectivity index (χ3n) is 11.4. The third-order valence-corrected chi connectivity index (χ3v) is 11.4. The summed E-state index contributed by atoms with van der Waals surface area (Å²) in [5, 5.41) is 9.18. The Morgan fingerprint density at radius 3 is 1.69 bits per heavy atom. The van der Waals surface area contributed by atoms with Crippen LogP contribution in [0.4, 0.5) is 0 Å². The van der Waals surface area contributed by atoms with Crippen molar-refractivity contribution in [2.45, 2.75) is 0 Å². The van der Waals surface area contributed by atoms with Crippen LogP contribution in [0.15, 0.2) is 199 Å². The van der Waals surface area contributed by atoms with Crippen molar-refractivity contribution in [3.63, 3.8) is 0 Å². The highest BCUT2D eigenvalue weighted by Gasteiger charge is 2.20. The van der Waals surface area contributed by atoms with Gasteiger partial charge in [0, 0.05) is 49.0 Å². The first-order valence-corrected chi connectivity index (χ1v) is 19.5. The van der Waals surface area contributed by atoms with E-state index in [0.29, 0.717) is 17.5 Å². The van der Waals surface area contributed by atoms with Gasteiger partial charge in [0.1, 0.15) is 11.2 Å². The first-order chi connectivity index (χ1) is 28.7. The van der Waals surface area contributed by atoms with Gasteiger partial charge in [0.2, 0.25) is 0 Å². The van der Waals surface area contributed by atoms with Crippen molar-refractivity contribution in [2.24, 2.45) is 0 Å². The van der Waals surface area contributed by atoms with Gasteiger partial charge in [-0.3, -0.25) is 0 Å². The lowest BCUT2D eigenvalue weighted by molar-refractivity contribution is 0.672. The lowest BCUT2D eigenvalue weighted by Gasteiger charge is -2.13. The smallest absolute Gasteiger partial charge is 0.164 e. The number of aromatic nitrogens is 4. The zero-order valence-electron chi connectivity index (χ0n) is 31.2. The molecule has 58 heavy (non-hydrogen) atoms. The van der Waals surface area contributed by atoms with E-state index in [1.165, 1.54) is 32.6 Å². The summed E-state index contributed by atoms with van der Waals surface area (Å²) in [6.45, 7) is 0. The molecular formula is C53H32N4O. The molecule has 0 radical (unpaired) electrons. The van der Waals surface area contributed by atoms with Gasteiger partial charge in [-0.2, -0.15) is 0 Å². The largest absolute Gasteiger partial charge is 0.455 e. The van der Waals surface area contributed by atoms with Crippen LogP contribution in [-0.2, 0) is 0 Å². The quantitative estimate of drug-likeness (QED) is 0.176. The van der Waals surface area contributed by atoms with E-state index in [1.807, 2.05) is 36.4 Å². The van der Waals surface area contributed by atoms with Crippen molar-refractivity contribution in [3.8, 4) is 51.0 Å². The highest BCUT2D eigenvalue weighted by atomic mass is 16.3. The van der Waals surface area contributed by atoms with Gasteiger partial charge in [-0.05, 0) is 64.4 Å². The summed E-state index contributed by atoms with van der Waals surface area (Å²) < 4.78 is 9.27. The maximum Gasteiger partial charge on any atom is 0.164 e. The van der Waals surface area contributed by atoms with Crippen LogP contribution in [0.25, 0.3) is 116 Å². The number of hydrogen-bond donors (Lipinski definition) is 0. The van der Waals surface area contributed by atoms with E-state index < -0.39 is 0 Å². The van der Waals surface area contributed by atoms with E-state index in [-0.39, 0.29) is 0 Å². The van der Waals surface area contributed by atoms with Gasteiger partial charge >= 0.3 is 0 Å². The highest BCUT2D eigenvalue weighted by Crippen LogP contribution is 2.42. The Bertz CT molecular complexity index is 3570. The first-order valence-electron chi connectivity index (χ1n) is 19.5. The van der Waals surface area contributed by atoms with Crippen LogP contribution in [0.5, 0.6) is 0 Å². The zero-order valence-corrected chi connectivity index (χ0v) is 31.2. The average Bonchev–Trinajstić information content (AvgIpc) is 3.83. The van der Waals surface area contributed by atoms with Crippen molar-refractivity contribution in [3.05, 3.63) is 194 Å². The van der Waals surface area contributed by atoms with E-state index >= 15 is 0 Å². The molecule has 270 valence electrons. The molecule has 0 spiro atoms. The van der Waals surface area contributed by atoms with Crippen molar-refractivity contribution >= 4 is 65.3 Å². The standard InChI is InChI=1S/C53H32N4O/c1-3-14-33(15-4-1)35-20-13-21-38(28-35)52-54-51(34-16-5-2-6-17-34)55-53(56-52)39-26-27-42-45-32-48(40-22-9-10-24-43(40)50(45)58-49(42)31-39)57-46-25-12-11-23-41(46)44-29-36-18-7-8-19-37(36)30-47(44)57/h1-32H. The first kappa shape index (κ1) is 32.4. The predicted molar refractivity (Wildman–Crippen MR) is 238 cm³/mol. The Morgan fingerprint density at radius 1 is 0.328 bits per heavy atom. The second-order valence-electron chi connectivity index (χ2n) is 14.8. The molecule has 0 aliphatic heterocycles. The number of nitrogens with zero attached hydrogens (tertiary/aromatic N) is 4. The summed E-state index contributed by atoms with van der Waals surface area (Å²) in [5.41, 5.74) is 10.0. The fourth-order valence-corrected chi connectivity index (χ4v) is 8.64. The van der Waals surface area contributed by atoms with Crippen molar-refractivity contribution in [2.75, 3.05) is 0 Å². The molecule has 3 aromatic heterocycles. The monoisotopic (exact) mass is 740 g/mol. The van der Waals surface area contributed by atoms with Crippen molar-refractivity contribution in [1.82, 2.24) is 19.5 Å². The number of fused-ring (bicyclic) bond motifs is 9. The Hall–Kier alpha value is -7.89. The van der Waals surface area contributed by atoms with Crippen LogP contribution < -0.4 is 0 Å². The van der Waals surface area contributed by atoms with Crippen LogP contribution >= 0.6 is 0 Å². The number of benzene rings is 9. The Labute approximate surface area is 333 Å². The molecule has 0 amide bonds. The molecule has 0 saturated carbocycles. The number of hydrogen-bond acceptors (Lipinski definition) is 4. The SMILES string of the molecule is c1ccc(-c2cccc(-c3nc(-c4ccccc4)nc(-c4ccc5c(c4)oc4c6ccccc6c(-n6c7ccccc7c7cc8ccccc8cc76)cc54)n3)c2)cc1. The van der Waals surface area contributed by atoms with Gasteiger partial charge in [-0.25, -0.2) is 15.0 Å². The molecular weight excluding hydrogens is 709 g/mol.